The minimum Gasteiger partial charge on any atom is -0.234 e. The van der Waals surface area contributed by atoms with E-state index in [2.05, 4.69) is 31.1 Å². The molecule has 0 aliphatic heterocycles. The summed E-state index contributed by atoms with van der Waals surface area (Å²) in [6.07, 6.45) is 0. The summed E-state index contributed by atoms with van der Waals surface area (Å²) in [6, 6.07) is 5.80. The Morgan fingerprint density at radius 3 is 2.86 bits per heavy atom. The Morgan fingerprint density at radius 2 is 2.21 bits per heavy atom. The van der Waals surface area contributed by atoms with Crippen LogP contribution in [-0.4, -0.2) is 15.2 Å². The normalized spacial score (nSPS) is 10.4. The van der Waals surface area contributed by atoms with Crippen molar-refractivity contribution in [1.29, 1.82) is 0 Å². The van der Waals surface area contributed by atoms with Gasteiger partial charge in [-0.25, -0.2) is 4.98 Å². The smallest absolute Gasteiger partial charge is 0.180 e. The van der Waals surface area contributed by atoms with Gasteiger partial charge in [0.25, 0.3) is 0 Å². The van der Waals surface area contributed by atoms with E-state index in [1.165, 1.54) is 11.8 Å². The molecule has 0 amide bonds. The van der Waals surface area contributed by atoms with E-state index in [0.29, 0.717) is 0 Å². The van der Waals surface area contributed by atoms with Crippen LogP contribution in [0.15, 0.2) is 32.2 Å². The third-order valence-electron chi connectivity index (χ3n) is 1.39. The maximum atomic E-state index is 4.30. The molecule has 0 aliphatic carbocycles. The van der Waals surface area contributed by atoms with Crippen LogP contribution in [0.1, 0.15) is 5.01 Å². The van der Waals surface area contributed by atoms with E-state index in [-0.39, 0.29) is 0 Å². The average molecular weight is 288 g/mol. The Balaban J connectivity index is 2.18. The largest absolute Gasteiger partial charge is 0.234 e. The first-order valence-electron chi connectivity index (χ1n) is 3.84. The highest BCUT2D eigenvalue weighted by Gasteiger charge is 2.04. The Kier molecular flexibility index (Phi) is 3.15. The number of halogens is 1. The van der Waals surface area contributed by atoms with Gasteiger partial charge in [-0.05, 0) is 46.7 Å². The molecule has 0 radical (unpaired) electrons. The van der Waals surface area contributed by atoms with Crippen LogP contribution in [0.2, 0.25) is 0 Å². The van der Waals surface area contributed by atoms with Crippen molar-refractivity contribution >= 4 is 39.0 Å². The topological polar surface area (TPSA) is 38.7 Å². The number of pyridine rings is 1. The average Bonchev–Trinajstić information content (AvgIpc) is 2.51. The first-order valence-corrected chi connectivity index (χ1v) is 6.27. The summed E-state index contributed by atoms with van der Waals surface area (Å²) in [5.41, 5.74) is 0. The minimum atomic E-state index is 0.837. The van der Waals surface area contributed by atoms with Crippen LogP contribution in [0.4, 0.5) is 0 Å². The molecular weight excluding hydrogens is 282 g/mol. The van der Waals surface area contributed by atoms with Crippen LogP contribution in [-0.2, 0) is 0 Å². The van der Waals surface area contributed by atoms with Gasteiger partial charge in [0.1, 0.15) is 14.6 Å². The molecule has 0 fully saturated rings. The third kappa shape index (κ3) is 2.52. The summed E-state index contributed by atoms with van der Waals surface area (Å²) >= 11 is 6.42. The van der Waals surface area contributed by atoms with Crippen LogP contribution in [0.3, 0.4) is 0 Å². The number of hydrogen-bond donors (Lipinski definition) is 0. The van der Waals surface area contributed by atoms with Crippen molar-refractivity contribution in [3.05, 3.63) is 27.8 Å². The zero-order chi connectivity index (χ0) is 9.97. The molecule has 0 saturated heterocycles. The molecule has 3 nitrogen and oxygen atoms in total. The van der Waals surface area contributed by atoms with Crippen LogP contribution in [0, 0.1) is 6.92 Å². The first kappa shape index (κ1) is 10.1. The Hall–Kier alpha value is -0.460. The molecule has 2 rings (SSSR count). The van der Waals surface area contributed by atoms with Crippen molar-refractivity contribution in [1.82, 2.24) is 15.2 Å². The fraction of sp³-hybridized carbons (Fsp3) is 0.125. The lowest BCUT2D eigenvalue weighted by atomic mass is 10.5. The van der Waals surface area contributed by atoms with Gasteiger partial charge < -0.3 is 0 Å². The standard InChI is InChI=1S/C8H6BrN3S2/c1-5-11-12-8(13-5)14-7-4-2-3-6(9)10-7/h2-4H,1H3. The maximum absolute atomic E-state index is 4.30. The Bertz CT molecular complexity index is 444. The molecular formula is C8H6BrN3S2. The Labute approximate surface area is 98.1 Å². The van der Waals surface area contributed by atoms with Gasteiger partial charge in [0.05, 0.1) is 0 Å². The van der Waals surface area contributed by atoms with Crippen molar-refractivity contribution in [2.75, 3.05) is 0 Å². The molecule has 0 N–H and O–H groups in total. The van der Waals surface area contributed by atoms with E-state index >= 15 is 0 Å². The molecule has 6 heteroatoms. The molecule has 0 unspecified atom stereocenters. The zero-order valence-electron chi connectivity index (χ0n) is 7.27. The van der Waals surface area contributed by atoms with E-state index < -0.39 is 0 Å². The number of aryl methyl sites for hydroxylation is 1. The highest BCUT2D eigenvalue weighted by atomic mass is 79.9. The molecule has 2 aromatic rings. The molecule has 2 heterocycles. The van der Waals surface area contributed by atoms with Crippen molar-refractivity contribution in [3.8, 4) is 0 Å². The summed E-state index contributed by atoms with van der Waals surface area (Å²) in [5.74, 6) is 0. The molecule has 0 aromatic carbocycles. The predicted octanol–water partition coefficient (Wildman–Crippen LogP) is 3.16. The number of hydrogen-bond acceptors (Lipinski definition) is 5. The van der Waals surface area contributed by atoms with Crippen molar-refractivity contribution in [2.45, 2.75) is 16.3 Å². The van der Waals surface area contributed by atoms with E-state index in [0.717, 1.165) is 19.0 Å². The van der Waals surface area contributed by atoms with Gasteiger partial charge in [0.2, 0.25) is 0 Å². The third-order valence-corrected chi connectivity index (χ3v) is 3.66. The lowest BCUT2D eigenvalue weighted by Crippen LogP contribution is -1.79. The van der Waals surface area contributed by atoms with Gasteiger partial charge >= 0.3 is 0 Å². The second kappa shape index (κ2) is 4.37. The first-order chi connectivity index (χ1) is 6.74. The lowest BCUT2D eigenvalue weighted by molar-refractivity contribution is 0.979. The zero-order valence-corrected chi connectivity index (χ0v) is 10.5. The van der Waals surface area contributed by atoms with Crippen LogP contribution < -0.4 is 0 Å². The number of rotatable bonds is 2. The highest BCUT2D eigenvalue weighted by molar-refractivity contribution is 9.10. The molecule has 0 saturated carbocycles. The summed E-state index contributed by atoms with van der Waals surface area (Å²) in [7, 11) is 0. The second-order valence-electron chi connectivity index (χ2n) is 2.49. The van der Waals surface area contributed by atoms with Crippen LogP contribution >= 0.6 is 39.0 Å². The number of nitrogens with zero attached hydrogens (tertiary/aromatic N) is 3. The van der Waals surface area contributed by atoms with Gasteiger partial charge in [0.15, 0.2) is 4.34 Å². The summed E-state index contributed by atoms with van der Waals surface area (Å²) < 4.78 is 1.76. The van der Waals surface area contributed by atoms with Gasteiger partial charge in [-0.1, -0.05) is 17.4 Å². The predicted molar refractivity (Wildman–Crippen MR) is 60.7 cm³/mol. The van der Waals surface area contributed by atoms with Crippen LogP contribution in [0.25, 0.3) is 0 Å². The van der Waals surface area contributed by atoms with Gasteiger partial charge in [-0.2, -0.15) is 0 Å². The monoisotopic (exact) mass is 287 g/mol. The van der Waals surface area contributed by atoms with Gasteiger partial charge in [-0.15, -0.1) is 10.2 Å². The summed E-state index contributed by atoms with van der Waals surface area (Å²) in [6.45, 7) is 1.94. The van der Waals surface area contributed by atoms with Crippen molar-refractivity contribution < 1.29 is 0 Å². The van der Waals surface area contributed by atoms with E-state index in [4.69, 9.17) is 0 Å². The SMILES string of the molecule is Cc1nnc(Sc2cccc(Br)n2)s1. The minimum absolute atomic E-state index is 0.837. The fourth-order valence-electron chi connectivity index (χ4n) is 0.856. The van der Waals surface area contributed by atoms with E-state index in [9.17, 15) is 0 Å². The lowest BCUT2D eigenvalue weighted by Gasteiger charge is -1.95. The number of aromatic nitrogens is 3. The quantitative estimate of drug-likeness (QED) is 0.796. The summed E-state index contributed by atoms with van der Waals surface area (Å²) in [5, 5.41) is 9.86. The summed E-state index contributed by atoms with van der Waals surface area (Å²) in [4.78, 5) is 4.30. The van der Waals surface area contributed by atoms with E-state index in [1.54, 1.807) is 11.3 Å². The van der Waals surface area contributed by atoms with Crippen molar-refractivity contribution in [3.63, 3.8) is 0 Å². The van der Waals surface area contributed by atoms with Gasteiger partial charge in [0, 0.05) is 0 Å². The molecule has 0 aliphatic rings. The molecule has 2 aromatic heterocycles. The van der Waals surface area contributed by atoms with Crippen LogP contribution in [0.5, 0.6) is 0 Å². The Morgan fingerprint density at radius 1 is 1.36 bits per heavy atom. The molecule has 14 heavy (non-hydrogen) atoms. The highest BCUT2D eigenvalue weighted by Crippen LogP contribution is 2.28. The maximum Gasteiger partial charge on any atom is 0.180 e. The molecule has 0 bridgehead atoms. The molecule has 0 spiro atoms. The van der Waals surface area contributed by atoms with Gasteiger partial charge in [-0.3, -0.25) is 0 Å². The molecule has 72 valence electrons. The van der Waals surface area contributed by atoms with Crippen molar-refractivity contribution in [2.24, 2.45) is 0 Å². The molecule has 0 atom stereocenters. The second-order valence-corrected chi connectivity index (χ2v) is 5.75. The van der Waals surface area contributed by atoms with E-state index in [1.807, 2.05) is 25.1 Å². The fourth-order valence-corrected chi connectivity index (χ4v) is 3.07.